The summed E-state index contributed by atoms with van der Waals surface area (Å²) < 4.78 is 5.44. The van der Waals surface area contributed by atoms with Gasteiger partial charge in [0, 0.05) is 0 Å². The van der Waals surface area contributed by atoms with E-state index in [4.69, 9.17) is 4.74 Å². The van der Waals surface area contributed by atoms with Crippen LogP contribution in [0.5, 0.6) is 11.5 Å². The zero-order valence-corrected chi connectivity index (χ0v) is 11.8. The first kappa shape index (κ1) is 12.9. The number of fused-ring (bicyclic) bond motifs is 1. The average molecular weight is 269 g/mol. The minimum absolute atomic E-state index is 0.280. The van der Waals surface area contributed by atoms with Gasteiger partial charge in [-0.15, -0.1) is 0 Å². The molecule has 3 heteroatoms. The third kappa shape index (κ3) is 2.31. The second-order valence-corrected chi connectivity index (χ2v) is 5.32. The highest BCUT2D eigenvalue weighted by Crippen LogP contribution is 2.37. The number of hydrogen-bond donors (Lipinski definition) is 2. The summed E-state index contributed by atoms with van der Waals surface area (Å²) in [5, 5.41) is 13.1. The number of benzene rings is 2. The lowest BCUT2D eigenvalue weighted by Gasteiger charge is -2.18. The number of anilines is 1. The molecule has 0 heterocycles. The van der Waals surface area contributed by atoms with Crippen molar-refractivity contribution in [1.82, 2.24) is 0 Å². The molecule has 1 unspecified atom stereocenters. The quantitative estimate of drug-likeness (QED) is 0.890. The lowest BCUT2D eigenvalue weighted by atomic mass is 10.1. The van der Waals surface area contributed by atoms with Crippen LogP contribution in [0.15, 0.2) is 36.4 Å². The van der Waals surface area contributed by atoms with E-state index in [1.54, 1.807) is 13.2 Å². The lowest BCUT2D eigenvalue weighted by molar-refractivity contribution is 0.415. The van der Waals surface area contributed by atoms with Gasteiger partial charge in [0.2, 0.25) is 0 Å². The van der Waals surface area contributed by atoms with Crippen molar-refractivity contribution in [3.8, 4) is 11.5 Å². The molecular formula is C17H19NO2. The van der Waals surface area contributed by atoms with Gasteiger partial charge >= 0.3 is 0 Å². The third-order valence-corrected chi connectivity index (χ3v) is 3.89. The standard InChI is InChI=1S/C17H19NO2/c1-11-3-7-16(17(9-11)20-2)18-15-8-4-12-10-13(19)5-6-14(12)15/h3,5-7,9-10,15,18-19H,4,8H2,1-2H3. The number of aromatic hydroxyl groups is 1. The molecule has 0 amide bonds. The number of phenols is 1. The Kier molecular flexibility index (Phi) is 3.26. The molecule has 0 saturated carbocycles. The number of aryl methyl sites for hydroxylation is 2. The highest BCUT2D eigenvalue weighted by Gasteiger charge is 2.23. The largest absolute Gasteiger partial charge is 0.508 e. The Balaban J connectivity index is 1.87. The summed E-state index contributed by atoms with van der Waals surface area (Å²) in [6.45, 7) is 2.06. The van der Waals surface area contributed by atoms with Crippen molar-refractivity contribution in [2.24, 2.45) is 0 Å². The molecule has 0 spiro atoms. The van der Waals surface area contributed by atoms with Crippen molar-refractivity contribution in [1.29, 1.82) is 0 Å². The fourth-order valence-corrected chi connectivity index (χ4v) is 2.86. The van der Waals surface area contributed by atoms with Crippen molar-refractivity contribution >= 4 is 5.69 Å². The van der Waals surface area contributed by atoms with Crippen molar-refractivity contribution in [3.05, 3.63) is 53.1 Å². The van der Waals surface area contributed by atoms with Gasteiger partial charge in [-0.05, 0) is 60.7 Å². The summed E-state index contributed by atoms with van der Waals surface area (Å²) in [6, 6.07) is 12.1. The number of nitrogens with one attached hydrogen (secondary N) is 1. The SMILES string of the molecule is COc1cc(C)ccc1NC1CCc2cc(O)ccc21. The molecular weight excluding hydrogens is 250 g/mol. The molecule has 1 aliphatic carbocycles. The first-order chi connectivity index (χ1) is 9.67. The van der Waals surface area contributed by atoms with Crippen molar-refractivity contribution in [2.45, 2.75) is 25.8 Å². The van der Waals surface area contributed by atoms with Crippen LogP contribution in [0.3, 0.4) is 0 Å². The van der Waals surface area contributed by atoms with Crippen LogP contribution in [0.1, 0.15) is 29.2 Å². The zero-order valence-electron chi connectivity index (χ0n) is 11.8. The summed E-state index contributed by atoms with van der Waals surface area (Å²) >= 11 is 0. The second kappa shape index (κ2) is 5.08. The van der Waals surface area contributed by atoms with E-state index in [1.807, 2.05) is 18.2 Å². The molecule has 2 aromatic carbocycles. The highest BCUT2D eigenvalue weighted by molar-refractivity contribution is 5.59. The van der Waals surface area contributed by atoms with Crippen molar-refractivity contribution in [3.63, 3.8) is 0 Å². The predicted octanol–water partition coefficient (Wildman–Crippen LogP) is 3.81. The first-order valence-corrected chi connectivity index (χ1v) is 6.90. The minimum atomic E-state index is 0.280. The van der Waals surface area contributed by atoms with Crippen LogP contribution in [0, 0.1) is 6.92 Å². The van der Waals surface area contributed by atoms with Gasteiger partial charge < -0.3 is 15.2 Å². The summed E-state index contributed by atoms with van der Waals surface area (Å²) in [4.78, 5) is 0. The van der Waals surface area contributed by atoms with E-state index in [1.165, 1.54) is 16.7 Å². The van der Waals surface area contributed by atoms with E-state index < -0.39 is 0 Å². The van der Waals surface area contributed by atoms with Crippen LogP contribution in [0.25, 0.3) is 0 Å². The fraction of sp³-hybridized carbons (Fsp3) is 0.294. The average Bonchev–Trinajstić information content (AvgIpc) is 2.83. The molecule has 3 rings (SSSR count). The summed E-state index contributed by atoms with van der Waals surface area (Å²) in [5.41, 5.74) is 4.70. The minimum Gasteiger partial charge on any atom is -0.508 e. The number of hydrogen-bond acceptors (Lipinski definition) is 3. The predicted molar refractivity (Wildman–Crippen MR) is 80.5 cm³/mol. The molecule has 0 aliphatic heterocycles. The van der Waals surface area contributed by atoms with Gasteiger partial charge in [-0.2, -0.15) is 0 Å². The van der Waals surface area contributed by atoms with Gasteiger partial charge in [0.15, 0.2) is 0 Å². The second-order valence-electron chi connectivity index (χ2n) is 5.32. The molecule has 0 saturated heterocycles. The van der Waals surface area contributed by atoms with E-state index in [0.29, 0.717) is 5.75 Å². The Labute approximate surface area is 119 Å². The zero-order chi connectivity index (χ0) is 14.1. The van der Waals surface area contributed by atoms with Gasteiger partial charge in [-0.25, -0.2) is 0 Å². The van der Waals surface area contributed by atoms with E-state index in [9.17, 15) is 5.11 Å². The Hall–Kier alpha value is -2.16. The topological polar surface area (TPSA) is 41.5 Å². The molecule has 1 atom stereocenters. The van der Waals surface area contributed by atoms with Crippen molar-refractivity contribution in [2.75, 3.05) is 12.4 Å². The van der Waals surface area contributed by atoms with Crippen LogP contribution < -0.4 is 10.1 Å². The number of rotatable bonds is 3. The summed E-state index contributed by atoms with van der Waals surface area (Å²) in [6.07, 6.45) is 2.03. The highest BCUT2D eigenvalue weighted by atomic mass is 16.5. The number of ether oxygens (including phenoxy) is 1. The van der Waals surface area contributed by atoms with Crippen molar-refractivity contribution < 1.29 is 9.84 Å². The summed E-state index contributed by atoms with van der Waals surface area (Å²) in [7, 11) is 1.70. The first-order valence-electron chi connectivity index (χ1n) is 6.90. The number of methoxy groups -OCH3 is 1. The van der Waals surface area contributed by atoms with Crippen LogP contribution in [-0.4, -0.2) is 12.2 Å². The van der Waals surface area contributed by atoms with Gasteiger partial charge in [0.25, 0.3) is 0 Å². The Morgan fingerprint density at radius 1 is 1.20 bits per heavy atom. The third-order valence-electron chi connectivity index (χ3n) is 3.89. The maximum atomic E-state index is 9.54. The Morgan fingerprint density at radius 2 is 2.05 bits per heavy atom. The Morgan fingerprint density at radius 3 is 2.85 bits per heavy atom. The normalized spacial score (nSPS) is 16.8. The monoisotopic (exact) mass is 269 g/mol. The molecule has 0 aromatic heterocycles. The molecule has 0 bridgehead atoms. The van der Waals surface area contributed by atoms with Crippen LogP contribution in [-0.2, 0) is 6.42 Å². The van der Waals surface area contributed by atoms with E-state index in [0.717, 1.165) is 24.3 Å². The van der Waals surface area contributed by atoms with Crippen LogP contribution in [0.2, 0.25) is 0 Å². The lowest BCUT2D eigenvalue weighted by Crippen LogP contribution is -2.08. The van der Waals surface area contributed by atoms with E-state index in [-0.39, 0.29) is 6.04 Å². The smallest absolute Gasteiger partial charge is 0.142 e. The van der Waals surface area contributed by atoms with E-state index >= 15 is 0 Å². The molecule has 104 valence electrons. The molecule has 3 nitrogen and oxygen atoms in total. The molecule has 0 radical (unpaired) electrons. The van der Waals surface area contributed by atoms with Gasteiger partial charge in [-0.3, -0.25) is 0 Å². The van der Waals surface area contributed by atoms with Gasteiger partial charge in [0.1, 0.15) is 11.5 Å². The molecule has 0 fully saturated rings. The van der Waals surface area contributed by atoms with Crippen LogP contribution >= 0.6 is 0 Å². The van der Waals surface area contributed by atoms with Gasteiger partial charge in [-0.1, -0.05) is 12.1 Å². The maximum absolute atomic E-state index is 9.54. The summed E-state index contributed by atoms with van der Waals surface area (Å²) in [5.74, 6) is 1.22. The molecule has 2 aromatic rings. The molecule has 1 aliphatic rings. The van der Waals surface area contributed by atoms with E-state index in [2.05, 4.69) is 24.4 Å². The maximum Gasteiger partial charge on any atom is 0.142 e. The molecule has 20 heavy (non-hydrogen) atoms. The number of phenolic OH excluding ortho intramolecular Hbond substituents is 1. The van der Waals surface area contributed by atoms with Crippen LogP contribution in [0.4, 0.5) is 5.69 Å². The Bertz CT molecular complexity index is 637. The molecule has 2 N–H and O–H groups in total. The fourth-order valence-electron chi connectivity index (χ4n) is 2.86. The van der Waals surface area contributed by atoms with Gasteiger partial charge in [0.05, 0.1) is 18.8 Å².